The van der Waals surface area contributed by atoms with Gasteiger partial charge in [0.1, 0.15) is 0 Å². The maximum atomic E-state index is 9.81. The Kier molecular flexibility index (Phi) is 2.66. The van der Waals surface area contributed by atoms with Crippen molar-refractivity contribution in [3.63, 3.8) is 0 Å². The van der Waals surface area contributed by atoms with Crippen molar-refractivity contribution in [2.45, 2.75) is 29.2 Å². The van der Waals surface area contributed by atoms with Crippen molar-refractivity contribution in [2.75, 3.05) is 0 Å². The van der Waals surface area contributed by atoms with Gasteiger partial charge in [-0.2, -0.15) is 0 Å². The lowest BCUT2D eigenvalue weighted by molar-refractivity contribution is 0.557. The lowest BCUT2D eigenvalue weighted by Crippen LogP contribution is -2.08. The second-order valence-corrected chi connectivity index (χ2v) is 3.83. The SMILES string of the molecule is O=C=NC1CCCC1I. The molecule has 3 heteroatoms. The van der Waals surface area contributed by atoms with Crippen LogP contribution in [0, 0.1) is 0 Å². The molecule has 0 aromatic carbocycles. The predicted octanol–water partition coefficient (Wildman–Crippen LogP) is 1.68. The first-order valence-electron chi connectivity index (χ1n) is 3.05. The maximum absolute atomic E-state index is 9.81. The third-order valence-corrected chi connectivity index (χ3v) is 3.07. The van der Waals surface area contributed by atoms with Gasteiger partial charge in [0.25, 0.3) is 0 Å². The number of halogens is 1. The first kappa shape index (κ1) is 7.22. The fourth-order valence-corrected chi connectivity index (χ4v) is 2.07. The highest BCUT2D eigenvalue weighted by molar-refractivity contribution is 14.1. The topological polar surface area (TPSA) is 29.4 Å². The van der Waals surface area contributed by atoms with Crippen molar-refractivity contribution in [3.05, 3.63) is 0 Å². The first-order valence-corrected chi connectivity index (χ1v) is 4.30. The van der Waals surface area contributed by atoms with E-state index in [9.17, 15) is 4.79 Å². The molecule has 0 amide bonds. The standard InChI is InChI=1S/C6H8INO/c7-5-2-1-3-6(5)8-4-9/h5-6H,1-3H2. The van der Waals surface area contributed by atoms with E-state index in [1.807, 2.05) is 0 Å². The Morgan fingerprint density at radius 2 is 2.33 bits per heavy atom. The van der Waals surface area contributed by atoms with Gasteiger partial charge in [0.2, 0.25) is 6.08 Å². The molecular weight excluding hydrogens is 229 g/mol. The van der Waals surface area contributed by atoms with E-state index in [-0.39, 0.29) is 6.04 Å². The van der Waals surface area contributed by atoms with E-state index in [0.29, 0.717) is 3.92 Å². The van der Waals surface area contributed by atoms with Crippen LogP contribution in [0.5, 0.6) is 0 Å². The van der Waals surface area contributed by atoms with Gasteiger partial charge < -0.3 is 0 Å². The van der Waals surface area contributed by atoms with Gasteiger partial charge in [-0.15, -0.1) is 0 Å². The van der Waals surface area contributed by atoms with Gasteiger partial charge in [-0.05, 0) is 12.8 Å². The van der Waals surface area contributed by atoms with E-state index >= 15 is 0 Å². The highest BCUT2D eigenvalue weighted by atomic mass is 127. The summed E-state index contributed by atoms with van der Waals surface area (Å²) in [6.07, 6.45) is 5.10. The molecule has 1 fully saturated rings. The lowest BCUT2D eigenvalue weighted by Gasteiger charge is -2.02. The average molecular weight is 237 g/mol. The maximum Gasteiger partial charge on any atom is 0.235 e. The summed E-state index contributed by atoms with van der Waals surface area (Å²) < 4.78 is 0.573. The fourth-order valence-electron chi connectivity index (χ4n) is 1.11. The van der Waals surface area contributed by atoms with Crippen LogP contribution in [0.15, 0.2) is 4.99 Å². The summed E-state index contributed by atoms with van der Waals surface area (Å²) in [5, 5.41) is 0. The number of aliphatic imine (C=N–C) groups is 1. The monoisotopic (exact) mass is 237 g/mol. The van der Waals surface area contributed by atoms with Gasteiger partial charge in [-0.3, -0.25) is 0 Å². The van der Waals surface area contributed by atoms with Crippen LogP contribution in [0.3, 0.4) is 0 Å². The van der Waals surface area contributed by atoms with Crippen molar-refractivity contribution in [1.29, 1.82) is 0 Å². The molecule has 50 valence electrons. The third kappa shape index (κ3) is 1.76. The molecule has 0 bridgehead atoms. The van der Waals surface area contributed by atoms with E-state index in [0.717, 1.165) is 6.42 Å². The largest absolute Gasteiger partial charge is 0.235 e. The second kappa shape index (κ2) is 3.32. The van der Waals surface area contributed by atoms with Gasteiger partial charge >= 0.3 is 0 Å². The van der Waals surface area contributed by atoms with E-state index in [2.05, 4.69) is 27.6 Å². The zero-order valence-electron chi connectivity index (χ0n) is 5.01. The molecule has 1 rings (SSSR count). The van der Waals surface area contributed by atoms with E-state index in [4.69, 9.17) is 0 Å². The van der Waals surface area contributed by atoms with Crippen LogP contribution in [0.4, 0.5) is 0 Å². The molecule has 0 aromatic rings. The Morgan fingerprint density at radius 1 is 1.56 bits per heavy atom. The molecule has 1 aliphatic carbocycles. The van der Waals surface area contributed by atoms with Crippen LogP contribution in [0.1, 0.15) is 19.3 Å². The van der Waals surface area contributed by atoms with E-state index in [1.165, 1.54) is 12.8 Å². The first-order chi connectivity index (χ1) is 4.34. The second-order valence-electron chi connectivity index (χ2n) is 2.23. The Morgan fingerprint density at radius 3 is 2.78 bits per heavy atom. The molecule has 2 unspecified atom stereocenters. The van der Waals surface area contributed by atoms with Gasteiger partial charge in [0.05, 0.1) is 6.04 Å². The van der Waals surface area contributed by atoms with Gasteiger partial charge in [-0.1, -0.05) is 29.0 Å². The smallest absolute Gasteiger partial charge is 0.211 e. The van der Waals surface area contributed by atoms with Crippen LogP contribution in [0.25, 0.3) is 0 Å². The number of rotatable bonds is 1. The normalized spacial score (nSPS) is 33.9. The minimum absolute atomic E-state index is 0.267. The number of hydrogen-bond donors (Lipinski definition) is 0. The zero-order chi connectivity index (χ0) is 6.69. The molecule has 0 saturated heterocycles. The summed E-state index contributed by atoms with van der Waals surface area (Å²) in [6, 6.07) is 0.267. The number of isocyanates is 1. The van der Waals surface area contributed by atoms with Crippen LogP contribution in [0.2, 0.25) is 0 Å². The minimum atomic E-state index is 0.267. The molecule has 9 heavy (non-hydrogen) atoms. The Labute approximate surface area is 67.9 Å². The van der Waals surface area contributed by atoms with Crippen LogP contribution < -0.4 is 0 Å². The van der Waals surface area contributed by atoms with Crippen LogP contribution >= 0.6 is 22.6 Å². The summed E-state index contributed by atoms with van der Waals surface area (Å²) in [6.45, 7) is 0. The molecule has 0 radical (unpaired) electrons. The van der Waals surface area contributed by atoms with Gasteiger partial charge in [-0.25, -0.2) is 9.79 Å². The fraction of sp³-hybridized carbons (Fsp3) is 0.833. The van der Waals surface area contributed by atoms with Crippen molar-refractivity contribution in [1.82, 2.24) is 0 Å². The van der Waals surface area contributed by atoms with Crippen molar-refractivity contribution in [2.24, 2.45) is 4.99 Å². The molecule has 1 aliphatic rings. The number of alkyl halides is 1. The highest BCUT2D eigenvalue weighted by Gasteiger charge is 2.23. The van der Waals surface area contributed by atoms with E-state index in [1.54, 1.807) is 6.08 Å². The molecular formula is C6H8INO. The summed E-state index contributed by atoms with van der Waals surface area (Å²) in [5.74, 6) is 0. The quantitative estimate of drug-likeness (QED) is 0.295. The molecule has 0 aliphatic heterocycles. The molecule has 0 N–H and O–H groups in total. The minimum Gasteiger partial charge on any atom is -0.211 e. The lowest BCUT2D eigenvalue weighted by atomic mass is 10.3. The molecule has 0 heterocycles. The average Bonchev–Trinajstić information content (AvgIpc) is 2.18. The molecule has 0 aromatic heterocycles. The predicted molar refractivity (Wildman–Crippen MR) is 43.6 cm³/mol. The molecule has 2 nitrogen and oxygen atoms in total. The van der Waals surface area contributed by atoms with Gasteiger partial charge in [0, 0.05) is 3.92 Å². The van der Waals surface area contributed by atoms with Crippen molar-refractivity contribution < 1.29 is 4.79 Å². The Bertz CT molecular complexity index is 142. The summed E-state index contributed by atoms with van der Waals surface area (Å²) in [5.41, 5.74) is 0. The number of carbonyl (C=O) groups excluding carboxylic acids is 1. The van der Waals surface area contributed by atoms with Crippen molar-refractivity contribution >= 4 is 28.7 Å². The highest BCUT2D eigenvalue weighted by Crippen LogP contribution is 2.27. The molecule has 0 spiro atoms. The zero-order valence-corrected chi connectivity index (χ0v) is 7.17. The van der Waals surface area contributed by atoms with Crippen LogP contribution in [-0.4, -0.2) is 16.0 Å². The summed E-state index contributed by atoms with van der Waals surface area (Å²) in [4.78, 5) is 13.5. The number of hydrogen-bond acceptors (Lipinski definition) is 2. The Balaban J connectivity index is 2.49. The van der Waals surface area contributed by atoms with Crippen molar-refractivity contribution in [3.8, 4) is 0 Å². The Hall–Kier alpha value is 0.110. The van der Waals surface area contributed by atoms with E-state index < -0.39 is 0 Å². The number of nitrogens with zero attached hydrogens (tertiary/aromatic N) is 1. The third-order valence-electron chi connectivity index (χ3n) is 1.62. The van der Waals surface area contributed by atoms with Crippen LogP contribution in [-0.2, 0) is 4.79 Å². The van der Waals surface area contributed by atoms with Gasteiger partial charge in [0.15, 0.2) is 0 Å². The summed E-state index contributed by atoms with van der Waals surface area (Å²) >= 11 is 2.34. The molecule has 2 atom stereocenters. The molecule has 1 saturated carbocycles. The summed E-state index contributed by atoms with van der Waals surface area (Å²) in [7, 11) is 0.